The molecule has 0 radical (unpaired) electrons. The Balaban J connectivity index is 2.64. The zero-order chi connectivity index (χ0) is 18.4. The fourth-order valence-corrected chi connectivity index (χ4v) is 2.83. The van der Waals surface area contributed by atoms with Crippen LogP contribution >= 0.6 is 0 Å². The Bertz CT molecular complexity index is 828. The summed E-state index contributed by atoms with van der Waals surface area (Å²) in [6.07, 6.45) is 7.11. The molecule has 0 bridgehead atoms. The molecule has 2 aromatic rings. The Kier molecular flexibility index (Phi) is 6.35. The van der Waals surface area contributed by atoms with E-state index in [1.54, 1.807) is 6.92 Å². The molecule has 0 aliphatic carbocycles. The summed E-state index contributed by atoms with van der Waals surface area (Å²) in [6, 6.07) is 11.6. The van der Waals surface area contributed by atoms with Crippen molar-refractivity contribution in [3.8, 4) is 0 Å². The highest BCUT2D eigenvalue weighted by atomic mass is 19.1. The number of rotatable bonds is 6. The summed E-state index contributed by atoms with van der Waals surface area (Å²) < 4.78 is 13.6. The van der Waals surface area contributed by atoms with Crippen LogP contribution in [0, 0.1) is 12.7 Å². The molecule has 2 aromatic carbocycles. The van der Waals surface area contributed by atoms with Crippen LogP contribution in [-0.4, -0.2) is 7.05 Å². The van der Waals surface area contributed by atoms with Crippen molar-refractivity contribution in [2.24, 2.45) is 0 Å². The van der Waals surface area contributed by atoms with E-state index in [1.807, 2.05) is 25.3 Å². The van der Waals surface area contributed by atoms with E-state index in [0.717, 1.165) is 39.9 Å². The second-order valence-electron chi connectivity index (χ2n) is 6.07. The van der Waals surface area contributed by atoms with Crippen LogP contribution < -0.4 is 5.32 Å². The summed E-state index contributed by atoms with van der Waals surface area (Å²) in [4.78, 5) is 0. The Morgan fingerprint density at radius 3 is 2.48 bits per heavy atom. The van der Waals surface area contributed by atoms with Gasteiger partial charge in [0.1, 0.15) is 5.82 Å². The highest BCUT2D eigenvalue weighted by Gasteiger charge is 2.09. The molecule has 0 unspecified atom stereocenters. The molecule has 0 fully saturated rings. The largest absolute Gasteiger partial charge is 0.388 e. The molecular weight excluding hydrogens is 309 g/mol. The standard InChI is InChI=1S/C23H26FN/c1-6-8-9-21(17(4)19-10-12-22(24)16(3)14-19)20-11-13-23(25-5)18(7-2)15-20/h7-15,25H,2,6H2,1,3-5H3/b9-8-,21-17-. The topological polar surface area (TPSA) is 12.0 Å². The number of allylic oxidation sites excluding steroid dienone is 4. The molecule has 130 valence electrons. The molecule has 2 rings (SSSR count). The zero-order valence-electron chi connectivity index (χ0n) is 15.5. The fourth-order valence-electron chi connectivity index (χ4n) is 2.83. The molecule has 0 spiro atoms. The van der Waals surface area contributed by atoms with Crippen molar-refractivity contribution in [2.75, 3.05) is 12.4 Å². The molecule has 1 N–H and O–H groups in total. The maximum atomic E-state index is 13.6. The third-order valence-electron chi connectivity index (χ3n) is 4.37. The molecular formula is C23H26FN. The lowest BCUT2D eigenvalue weighted by atomic mass is 9.93. The molecule has 0 amide bonds. The van der Waals surface area contributed by atoms with Gasteiger partial charge in [-0.15, -0.1) is 0 Å². The molecule has 25 heavy (non-hydrogen) atoms. The maximum Gasteiger partial charge on any atom is 0.126 e. The number of hydrogen-bond donors (Lipinski definition) is 1. The van der Waals surface area contributed by atoms with Gasteiger partial charge in [0.05, 0.1) is 0 Å². The summed E-state index contributed by atoms with van der Waals surface area (Å²) in [7, 11) is 1.91. The summed E-state index contributed by atoms with van der Waals surface area (Å²) in [5.41, 5.74) is 7.19. The first-order valence-corrected chi connectivity index (χ1v) is 8.60. The van der Waals surface area contributed by atoms with E-state index in [4.69, 9.17) is 0 Å². The van der Waals surface area contributed by atoms with Crippen molar-refractivity contribution >= 4 is 22.9 Å². The van der Waals surface area contributed by atoms with Gasteiger partial charge in [-0.2, -0.15) is 0 Å². The summed E-state index contributed by atoms with van der Waals surface area (Å²) in [6.45, 7) is 9.91. The smallest absolute Gasteiger partial charge is 0.126 e. The van der Waals surface area contributed by atoms with Gasteiger partial charge in [-0.25, -0.2) is 4.39 Å². The van der Waals surface area contributed by atoms with Crippen molar-refractivity contribution < 1.29 is 4.39 Å². The van der Waals surface area contributed by atoms with E-state index < -0.39 is 0 Å². The second kappa shape index (κ2) is 8.48. The number of aryl methyl sites for hydroxylation is 1. The Morgan fingerprint density at radius 1 is 1.16 bits per heavy atom. The Hall–Kier alpha value is -2.61. The van der Waals surface area contributed by atoms with E-state index in [0.29, 0.717) is 5.56 Å². The minimum atomic E-state index is -0.172. The Morgan fingerprint density at radius 2 is 1.88 bits per heavy atom. The predicted molar refractivity (Wildman–Crippen MR) is 109 cm³/mol. The lowest BCUT2D eigenvalue weighted by Gasteiger charge is -2.14. The molecule has 0 saturated heterocycles. The molecule has 0 aliphatic rings. The van der Waals surface area contributed by atoms with Crippen LogP contribution in [0.5, 0.6) is 0 Å². The van der Waals surface area contributed by atoms with Crippen molar-refractivity contribution in [1.82, 2.24) is 0 Å². The molecule has 0 aliphatic heterocycles. The summed E-state index contributed by atoms with van der Waals surface area (Å²) in [5, 5.41) is 3.18. The van der Waals surface area contributed by atoms with Crippen LogP contribution in [-0.2, 0) is 0 Å². The summed E-state index contributed by atoms with van der Waals surface area (Å²) >= 11 is 0. The molecule has 0 saturated carbocycles. The van der Waals surface area contributed by atoms with Crippen LogP contribution in [0.4, 0.5) is 10.1 Å². The molecule has 0 aromatic heterocycles. The van der Waals surface area contributed by atoms with Crippen molar-refractivity contribution in [3.05, 3.63) is 83.2 Å². The van der Waals surface area contributed by atoms with E-state index in [-0.39, 0.29) is 5.82 Å². The van der Waals surface area contributed by atoms with Crippen LogP contribution in [0.2, 0.25) is 0 Å². The highest BCUT2D eigenvalue weighted by Crippen LogP contribution is 2.31. The first kappa shape index (κ1) is 18.7. The highest BCUT2D eigenvalue weighted by molar-refractivity contribution is 5.95. The third-order valence-corrected chi connectivity index (χ3v) is 4.37. The molecule has 2 heteroatoms. The minimum Gasteiger partial charge on any atom is -0.388 e. The van der Waals surface area contributed by atoms with Crippen LogP contribution in [0.15, 0.2) is 55.1 Å². The van der Waals surface area contributed by atoms with Crippen LogP contribution in [0.25, 0.3) is 17.2 Å². The normalized spacial score (nSPS) is 12.2. The van der Waals surface area contributed by atoms with Gasteiger partial charge in [0.2, 0.25) is 0 Å². The van der Waals surface area contributed by atoms with Gasteiger partial charge >= 0.3 is 0 Å². The van der Waals surface area contributed by atoms with E-state index >= 15 is 0 Å². The van der Waals surface area contributed by atoms with Crippen LogP contribution in [0.3, 0.4) is 0 Å². The third kappa shape index (κ3) is 4.27. The van der Waals surface area contributed by atoms with E-state index in [2.05, 4.69) is 56.1 Å². The lowest BCUT2D eigenvalue weighted by molar-refractivity contribution is 0.618. The first-order chi connectivity index (χ1) is 12.0. The van der Waals surface area contributed by atoms with Crippen LogP contribution in [0.1, 0.15) is 42.5 Å². The maximum absolute atomic E-state index is 13.6. The van der Waals surface area contributed by atoms with Gasteiger partial charge < -0.3 is 5.32 Å². The van der Waals surface area contributed by atoms with Crippen molar-refractivity contribution in [3.63, 3.8) is 0 Å². The average Bonchev–Trinajstić information content (AvgIpc) is 2.63. The number of anilines is 1. The number of hydrogen-bond acceptors (Lipinski definition) is 1. The Labute approximate surface area is 150 Å². The van der Waals surface area contributed by atoms with E-state index in [1.165, 1.54) is 6.07 Å². The zero-order valence-corrected chi connectivity index (χ0v) is 15.5. The van der Waals surface area contributed by atoms with Gasteiger partial charge in [0, 0.05) is 12.7 Å². The van der Waals surface area contributed by atoms with Crippen molar-refractivity contribution in [2.45, 2.75) is 27.2 Å². The van der Waals surface area contributed by atoms with Gasteiger partial charge in [0.25, 0.3) is 0 Å². The quantitative estimate of drug-likeness (QED) is 0.456. The van der Waals surface area contributed by atoms with Gasteiger partial charge in [-0.1, -0.05) is 43.9 Å². The minimum absolute atomic E-state index is 0.172. The molecule has 1 nitrogen and oxygen atoms in total. The molecule has 0 atom stereocenters. The van der Waals surface area contributed by atoms with Gasteiger partial charge in [0.15, 0.2) is 0 Å². The lowest BCUT2D eigenvalue weighted by Crippen LogP contribution is -1.95. The van der Waals surface area contributed by atoms with Gasteiger partial charge in [-0.05, 0) is 77.9 Å². The van der Waals surface area contributed by atoms with Crippen molar-refractivity contribution in [1.29, 1.82) is 0 Å². The SMILES string of the molecule is C=Cc1cc(C(/C=C\CC)=C(/C)c2ccc(F)c(C)c2)ccc1NC. The summed E-state index contributed by atoms with van der Waals surface area (Å²) in [5.74, 6) is -0.172. The number of halogens is 1. The monoisotopic (exact) mass is 335 g/mol. The number of nitrogens with one attached hydrogen (secondary N) is 1. The predicted octanol–water partition coefficient (Wildman–Crippen LogP) is 6.72. The van der Waals surface area contributed by atoms with Gasteiger partial charge in [-0.3, -0.25) is 0 Å². The van der Waals surface area contributed by atoms with E-state index in [9.17, 15) is 4.39 Å². The molecule has 0 heterocycles. The first-order valence-electron chi connectivity index (χ1n) is 8.60. The number of benzene rings is 2. The average molecular weight is 335 g/mol. The second-order valence-corrected chi connectivity index (χ2v) is 6.07. The fraction of sp³-hybridized carbons (Fsp3) is 0.217.